The molecule has 0 N–H and O–H groups in total. The fraction of sp³-hybridized carbons (Fsp3) is 0.308. The summed E-state index contributed by atoms with van der Waals surface area (Å²) in [6.45, 7) is 0. The lowest BCUT2D eigenvalue weighted by molar-refractivity contribution is -0.213. The van der Waals surface area contributed by atoms with Gasteiger partial charge in [0.25, 0.3) is 0 Å². The van der Waals surface area contributed by atoms with E-state index < -0.39 is 6.30 Å². The second-order valence-electron chi connectivity index (χ2n) is 4.04. The van der Waals surface area contributed by atoms with Gasteiger partial charge in [-0.05, 0) is 30.9 Å². The summed E-state index contributed by atoms with van der Waals surface area (Å²) in [6, 6.07) is 11.1. The third-order valence-electron chi connectivity index (χ3n) is 2.70. The SMILES string of the molecule is FC(F)(F)n1nccc1CCCc1ccccc1. The van der Waals surface area contributed by atoms with Crippen molar-refractivity contribution < 1.29 is 13.2 Å². The molecule has 1 aromatic carbocycles. The van der Waals surface area contributed by atoms with E-state index in [2.05, 4.69) is 5.10 Å². The van der Waals surface area contributed by atoms with Crippen LogP contribution in [-0.4, -0.2) is 9.78 Å². The van der Waals surface area contributed by atoms with Gasteiger partial charge in [-0.15, -0.1) is 13.2 Å². The normalized spacial score (nSPS) is 11.7. The Balaban J connectivity index is 1.93. The molecule has 96 valence electrons. The molecule has 0 amide bonds. The zero-order valence-electron chi connectivity index (χ0n) is 9.69. The smallest absolute Gasteiger partial charge is 0.176 e. The summed E-state index contributed by atoms with van der Waals surface area (Å²) in [5.41, 5.74) is 1.34. The van der Waals surface area contributed by atoms with Crippen LogP contribution >= 0.6 is 0 Å². The largest absolute Gasteiger partial charge is 0.504 e. The van der Waals surface area contributed by atoms with E-state index in [0.29, 0.717) is 12.8 Å². The maximum absolute atomic E-state index is 12.5. The van der Waals surface area contributed by atoms with Crippen LogP contribution < -0.4 is 0 Å². The number of halogens is 3. The fourth-order valence-electron chi connectivity index (χ4n) is 1.87. The zero-order valence-corrected chi connectivity index (χ0v) is 9.69. The van der Waals surface area contributed by atoms with Gasteiger partial charge in [-0.3, -0.25) is 0 Å². The molecule has 0 aliphatic carbocycles. The lowest BCUT2D eigenvalue weighted by Gasteiger charge is -2.10. The van der Waals surface area contributed by atoms with Gasteiger partial charge in [-0.1, -0.05) is 30.3 Å². The van der Waals surface area contributed by atoms with Gasteiger partial charge in [-0.2, -0.15) is 9.78 Å². The summed E-state index contributed by atoms with van der Waals surface area (Å²) in [7, 11) is 0. The van der Waals surface area contributed by atoms with Crippen molar-refractivity contribution in [2.45, 2.75) is 25.6 Å². The Morgan fingerprint density at radius 1 is 1.00 bits per heavy atom. The van der Waals surface area contributed by atoms with Gasteiger partial charge in [-0.25, -0.2) is 0 Å². The van der Waals surface area contributed by atoms with E-state index in [1.54, 1.807) is 0 Å². The number of alkyl halides is 3. The van der Waals surface area contributed by atoms with Crippen molar-refractivity contribution in [1.82, 2.24) is 9.78 Å². The highest BCUT2D eigenvalue weighted by Gasteiger charge is 2.33. The lowest BCUT2D eigenvalue weighted by atomic mass is 10.1. The van der Waals surface area contributed by atoms with Crippen LogP contribution in [-0.2, 0) is 19.1 Å². The van der Waals surface area contributed by atoms with Crippen LogP contribution in [0, 0.1) is 0 Å². The maximum atomic E-state index is 12.5. The van der Waals surface area contributed by atoms with Crippen molar-refractivity contribution in [3.8, 4) is 0 Å². The molecule has 2 aromatic rings. The van der Waals surface area contributed by atoms with Crippen LogP contribution in [0.25, 0.3) is 0 Å². The molecular weight excluding hydrogens is 241 g/mol. The van der Waals surface area contributed by atoms with E-state index in [1.807, 2.05) is 30.3 Å². The molecule has 2 rings (SSSR count). The van der Waals surface area contributed by atoms with Gasteiger partial charge in [0.15, 0.2) is 0 Å². The first kappa shape index (κ1) is 12.7. The van der Waals surface area contributed by atoms with E-state index in [1.165, 1.54) is 12.3 Å². The molecule has 0 saturated heterocycles. The molecule has 0 aliphatic rings. The van der Waals surface area contributed by atoms with Crippen LogP contribution in [0.4, 0.5) is 13.2 Å². The molecule has 0 spiro atoms. The topological polar surface area (TPSA) is 17.8 Å². The number of aryl methyl sites for hydroxylation is 2. The van der Waals surface area contributed by atoms with Crippen molar-refractivity contribution in [2.24, 2.45) is 0 Å². The molecule has 2 nitrogen and oxygen atoms in total. The standard InChI is InChI=1S/C13H13F3N2/c14-13(15,16)18-12(9-10-17-18)8-4-7-11-5-2-1-3-6-11/h1-3,5-6,9-10H,4,7-8H2. The second-order valence-corrected chi connectivity index (χ2v) is 4.04. The monoisotopic (exact) mass is 254 g/mol. The van der Waals surface area contributed by atoms with Crippen molar-refractivity contribution in [2.75, 3.05) is 0 Å². The Morgan fingerprint density at radius 2 is 1.72 bits per heavy atom. The van der Waals surface area contributed by atoms with Crippen LogP contribution in [0.1, 0.15) is 17.7 Å². The first-order chi connectivity index (χ1) is 8.57. The average molecular weight is 254 g/mol. The van der Waals surface area contributed by atoms with Crippen LogP contribution in [0.5, 0.6) is 0 Å². The molecule has 5 heteroatoms. The minimum absolute atomic E-state index is 0.137. The van der Waals surface area contributed by atoms with E-state index in [-0.39, 0.29) is 10.4 Å². The summed E-state index contributed by atoms with van der Waals surface area (Å²) in [4.78, 5) is 0. The summed E-state index contributed by atoms with van der Waals surface area (Å²) >= 11 is 0. The molecule has 1 aromatic heterocycles. The summed E-state index contributed by atoms with van der Waals surface area (Å²) in [5.74, 6) is 0. The van der Waals surface area contributed by atoms with E-state index in [0.717, 1.165) is 12.0 Å². The first-order valence-electron chi connectivity index (χ1n) is 5.71. The Hall–Kier alpha value is -1.78. The number of hydrogen-bond acceptors (Lipinski definition) is 1. The Kier molecular flexibility index (Phi) is 3.69. The molecule has 0 unspecified atom stereocenters. The number of aromatic nitrogens is 2. The summed E-state index contributed by atoms with van der Waals surface area (Å²) in [6.07, 6.45) is -1.43. The average Bonchev–Trinajstić information content (AvgIpc) is 2.78. The summed E-state index contributed by atoms with van der Waals surface area (Å²) < 4.78 is 37.7. The van der Waals surface area contributed by atoms with E-state index >= 15 is 0 Å². The van der Waals surface area contributed by atoms with Gasteiger partial charge in [0, 0.05) is 11.9 Å². The molecule has 0 bridgehead atoms. The van der Waals surface area contributed by atoms with Gasteiger partial charge in [0.05, 0.1) is 0 Å². The van der Waals surface area contributed by atoms with Crippen molar-refractivity contribution in [3.63, 3.8) is 0 Å². The number of benzene rings is 1. The van der Waals surface area contributed by atoms with E-state index in [4.69, 9.17) is 0 Å². The highest BCUT2D eigenvalue weighted by atomic mass is 19.4. The third-order valence-corrected chi connectivity index (χ3v) is 2.70. The van der Waals surface area contributed by atoms with Crippen LogP contribution in [0.3, 0.4) is 0 Å². The quantitative estimate of drug-likeness (QED) is 0.816. The van der Waals surface area contributed by atoms with Gasteiger partial charge in [0.1, 0.15) is 0 Å². The highest BCUT2D eigenvalue weighted by Crippen LogP contribution is 2.23. The third kappa shape index (κ3) is 3.12. The molecular formula is C13H13F3N2. The van der Waals surface area contributed by atoms with E-state index in [9.17, 15) is 13.2 Å². The predicted molar refractivity (Wildman–Crippen MR) is 62.0 cm³/mol. The Labute approximate surface area is 103 Å². The molecule has 1 heterocycles. The number of nitrogens with zero attached hydrogens (tertiary/aromatic N) is 2. The zero-order chi connectivity index (χ0) is 13.0. The minimum Gasteiger partial charge on any atom is -0.176 e. The molecule has 0 radical (unpaired) electrons. The fourth-order valence-corrected chi connectivity index (χ4v) is 1.87. The number of hydrogen-bond donors (Lipinski definition) is 0. The van der Waals surface area contributed by atoms with Crippen molar-refractivity contribution in [3.05, 3.63) is 53.9 Å². The Bertz CT molecular complexity index is 488. The second kappa shape index (κ2) is 5.25. The maximum Gasteiger partial charge on any atom is 0.504 e. The minimum atomic E-state index is -4.43. The van der Waals surface area contributed by atoms with Crippen LogP contribution in [0.15, 0.2) is 42.6 Å². The lowest BCUT2D eigenvalue weighted by Crippen LogP contribution is -2.20. The van der Waals surface area contributed by atoms with Gasteiger partial charge in [0.2, 0.25) is 0 Å². The Morgan fingerprint density at radius 3 is 2.39 bits per heavy atom. The van der Waals surface area contributed by atoms with Crippen LogP contribution in [0.2, 0.25) is 0 Å². The molecule has 0 saturated carbocycles. The predicted octanol–water partition coefficient (Wildman–Crippen LogP) is 3.53. The van der Waals surface area contributed by atoms with Gasteiger partial charge >= 0.3 is 6.30 Å². The highest BCUT2D eigenvalue weighted by molar-refractivity contribution is 5.15. The molecule has 0 fully saturated rings. The molecule has 0 atom stereocenters. The first-order valence-corrected chi connectivity index (χ1v) is 5.71. The van der Waals surface area contributed by atoms with Crippen molar-refractivity contribution in [1.29, 1.82) is 0 Å². The van der Waals surface area contributed by atoms with Gasteiger partial charge < -0.3 is 0 Å². The summed E-state index contributed by atoms with van der Waals surface area (Å²) in [5, 5.41) is 3.30. The molecule has 18 heavy (non-hydrogen) atoms. The van der Waals surface area contributed by atoms with Crippen molar-refractivity contribution >= 4 is 0 Å². The molecule has 0 aliphatic heterocycles. The number of rotatable bonds is 4.